The van der Waals surface area contributed by atoms with E-state index < -0.39 is 0 Å². The second kappa shape index (κ2) is 10.6. The number of aliphatic imine (C=N–C) groups is 1. The lowest BCUT2D eigenvalue weighted by Crippen LogP contribution is -2.38. The quantitative estimate of drug-likeness (QED) is 0.564. The van der Waals surface area contributed by atoms with Crippen molar-refractivity contribution in [3.8, 4) is 0 Å². The molecule has 0 aromatic heterocycles. The average Bonchev–Trinajstić information content (AvgIpc) is 2.60. The first-order valence-electron chi connectivity index (χ1n) is 9.06. The van der Waals surface area contributed by atoms with E-state index in [4.69, 9.17) is 4.99 Å². The van der Waals surface area contributed by atoms with Gasteiger partial charge in [-0.1, -0.05) is 36.4 Å². The smallest absolute Gasteiger partial charge is 0.191 e. The van der Waals surface area contributed by atoms with Crippen molar-refractivity contribution in [1.29, 1.82) is 0 Å². The minimum Gasteiger partial charge on any atom is -0.357 e. The Labute approximate surface area is 156 Å². The average molecular weight is 356 g/mol. The molecule has 2 aromatic carbocycles. The molecule has 140 valence electrons. The molecule has 0 saturated carbocycles. The van der Waals surface area contributed by atoms with Crippen LogP contribution in [-0.2, 0) is 19.5 Å². The number of hydrogen-bond acceptors (Lipinski definition) is 2. The summed E-state index contributed by atoms with van der Waals surface area (Å²) in [5.41, 5.74) is 3.49. The lowest BCUT2D eigenvalue weighted by Gasteiger charge is -2.14. The zero-order valence-electron chi connectivity index (χ0n) is 15.9. The van der Waals surface area contributed by atoms with Gasteiger partial charge < -0.3 is 15.5 Å². The summed E-state index contributed by atoms with van der Waals surface area (Å²) in [6.45, 7) is 5.07. The van der Waals surface area contributed by atoms with Gasteiger partial charge in [0.15, 0.2) is 5.96 Å². The Bertz CT molecular complexity index is 713. The highest BCUT2D eigenvalue weighted by Crippen LogP contribution is 2.11. The number of rotatable bonds is 8. The van der Waals surface area contributed by atoms with E-state index in [0.717, 1.165) is 31.0 Å². The monoisotopic (exact) mass is 356 g/mol. The van der Waals surface area contributed by atoms with Gasteiger partial charge in [-0.15, -0.1) is 0 Å². The topological polar surface area (TPSA) is 39.7 Å². The Morgan fingerprint density at radius 3 is 2.50 bits per heavy atom. The maximum Gasteiger partial charge on any atom is 0.191 e. The van der Waals surface area contributed by atoms with Crippen molar-refractivity contribution in [2.24, 2.45) is 4.99 Å². The number of hydrogen-bond donors (Lipinski definition) is 2. The third-order valence-electron chi connectivity index (χ3n) is 3.95. The number of benzene rings is 2. The van der Waals surface area contributed by atoms with E-state index >= 15 is 0 Å². The predicted molar refractivity (Wildman–Crippen MR) is 107 cm³/mol. The number of nitrogens with one attached hydrogen (secondary N) is 2. The maximum atomic E-state index is 13.3. The van der Waals surface area contributed by atoms with E-state index in [2.05, 4.69) is 47.8 Å². The molecule has 0 fully saturated rings. The van der Waals surface area contributed by atoms with Crippen LogP contribution in [0.2, 0.25) is 0 Å². The molecular formula is C21H29FN4. The molecule has 4 nitrogen and oxygen atoms in total. The molecule has 0 unspecified atom stereocenters. The molecule has 5 heteroatoms. The molecule has 0 saturated heterocycles. The van der Waals surface area contributed by atoms with Crippen LogP contribution in [0.5, 0.6) is 0 Å². The Hall–Kier alpha value is -2.40. The molecule has 0 amide bonds. The van der Waals surface area contributed by atoms with Crippen LogP contribution in [0.25, 0.3) is 0 Å². The minimum absolute atomic E-state index is 0.194. The largest absolute Gasteiger partial charge is 0.357 e. The normalized spacial score (nSPS) is 11.7. The van der Waals surface area contributed by atoms with Crippen LogP contribution in [0.15, 0.2) is 53.5 Å². The van der Waals surface area contributed by atoms with Gasteiger partial charge in [-0.3, -0.25) is 0 Å². The van der Waals surface area contributed by atoms with Crippen LogP contribution in [-0.4, -0.2) is 38.0 Å². The summed E-state index contributed by atoms with van der Waals surface area (Å²) in [4.78, 5) is 6.86. The van der Waals surface area contributed by atoms with Gasteiger partial charge in [-0.2, -0.15) is 0 Å². The van der Waals surface area contributed by atoms with Gasteiger partial charge in [-0.25, -0.2) is 9.38 Å². The molecular weight excluding hydrogens is 327 g/mol. The molecule has 26 heavy (non-hydrogen) atoms. The van der Waals surface area contributed by atoms with Crippen molar-refractivity contribution in [1.82, 2.24) is 15.5 Å². The third kappa shape index (κ3) is 6.84. The molecule has 0 aliphatic heterocycles. The van der Waals surface area contributed by atoms with Gasteiger partial charge in [0.1, 0.15) is 5.82 Å². The molecule has 0 bridgehead atoms. The van der Waals surface area contributed by atoms with Gasteiger partial charge in [-0.05, 0) is 56.3 Å². The van der Waals surface area contributed by atoms with Crippen LogP contribution in [0.3, 0.4) is 0 Å². The number of halogens is 1. The first-order valence-corrected chi connectivity index (χ1v) is 9.06. The SMILES string of the molecule is CCNC(=NCc1ccccc1CN(C)C)NCCc1cccc(F)c1. The van der Waals surface area contributed by atoms with Gasteiger partial charge in [0.25, 0.3) is 0 Å². The summed E-state index contributed by atoms with van der Waals surface area (Å²) >= 11 is 0. The van der Waals surface area contributed by atoms with Crippen LogP contribution < -0.4 is 10.6 Å². The van der Waals surface area contributed by atoms with Gasteiger partial charge in [0.2, 0.25) is 0 Å². The Morgan fingerprint density at radius 2 is 1.81 bits per heavy atom. The predicted octanol–water partition coefficient (Wildman–Crippen LogP) is 3.19. The fourth-order valence-electron chi connectivity index (χ4n) is 2.73. The standard InChI is InChI=1S/C21H29FN4/c1-4-23-21(24-13-12-17-8-7-11-20(22)14-17)25-15-18-9-5-6-10-19(18)16-26(2)3/h5-11,14H,4,12-13,15-16H2,1-3H3,(H2,23,24,25). The molecule has 0 heterocycles. The van der Waals surface area contributed by atoms with Gasteiger partial charge >= 0.3 is 0 Å². The second-order valence-electron chi connectivity index (χ2n) is 6.51. The molecule has 2 rings (SSSR count). The minimum atomic E-state index is -0.194. The Balaban J connectivity index is 1.96. The number of guanidine groups is 1. The summed E-state index contributed by atoms with van der Waals surface area (Å²) in [6, 6.07) is 15.1. The highest BCUT2D eigenvalue weighted by atomic mass is 19.1. The lowest BCUT2D eigenvalue weighted by molar-refractivity contribution is 0.401. The van der Waals surface area contributed by atoms with Crippen LogP contribution in [0, 0.1) is 5.82 Å². The molecule has 0 radical (unpaired) electrons. The van der Waals surface area contributed by atoms with Crippen molar-refractivity contribution >= 4 is 5.96 Å². The Kier molecular flexibility index (Phi) is 8.09. The summed E-state index contributed by atoms with van der Waals surface area (Å²) in [7, 11) is 4.14. The third-order valence-corrected chi connectivity index (χ3v) is 3.95. The fourth-order valence-corrected chi connectivity index (χ4v) is 2.73. The summed E-state index contributed by atoms with van der Waals surface area (Å²) in [5.74, 6) is 0.587. The molecule has 2 N–H and O–H groups in total. The first kappa shape index (κ1) is 19.9. The highest BCUT2D eigenvalue weighted by molar-refractivity contribution is 5.79. The van der Waals surface area contributed by atoms with Crippen molar-refractivity contribution < 1.29 is 4.39 Å². The summed E-state index contributed by atoms with van der Waals surface area (Å²) in [6.07, 6.45) is 0.749. The van der Waals surface area contributed by atoms with E-state index in [1.54, 1.807) is 12.1 Å². The second-order valence-corrected chi connectivity index (χ2v) is 6.51. The zero-order valence-corrected chi connectivity index (χ0v) is 15.9. The van der Waals surface area contributed by atoms with Crippen molar-refractivity contribution in [3.63, 3.8) is 0 Å². The van der Waals surface area contributed by atoms with E-state index in [-0.39, 0.29) is 5.82 Å². The maximum absolute atomic E-state index is 13.3. The Morgan fingerprint density at radius 1 is 1.04 bits per heavy atom. The van der Waals surface area contributed by atoms with Crippen LogP contribution in [0.4, 0.5) is 4.39 Å². The van der Waals surface area contributed by atoms with Crippen molar-refractivity contribution in [2.45, 2.75) is 26.4 Å². The molecule has 0 spiro atoms. The summed E-state index contributed by atoms with van der Waals surface area (Å²) in [5, 5.41) is 6.59. The van der Waals surface area contributed by atoms with E-state index in [1.807, 2.05) is 19.1 Å². The molecule has 0 atom stereocenters. The summed E-state index contributed by atoms with van der Waals surface area (Å²) < 4.78 is 13.3. The fraction of sp³-hybridized carbons (Fsp3) is 0.381. The van der Waals surface area contributed by atoms with Crippen LogP contribution >= 0.6 is 0 Å². The van der Waals surface area contributed by atoms with Crippen molar-refractivity contribution in [2.75, 3.05) is 27.2 Å². The molecule has 2 aromatic rings. The first-order chi connectivity index (χ1) is 12.6. The zero-order chi connectivity index (χ0) is 18.8. The van der Waals surface area contributed by atoms with E-state index in [0.29, 0.717) is 13.1 Å². The van der Waals surface area contributed by atoms with Crippen LogP contribution in [0.1, 0.15) is 23.6 Å². The van der Waals surface area contributed by atoms with Gasteiger partial charge in [0.05, 0.1) is 6.54 Å². The van der Waals surface area contributed by atoms with E-state index in [1.165, 1.54) is 17.2 Å². The molecule has 0 aliphatic rings. The number of nitrogens with zero attached hydrogens (tertiary/aromatic N) is 2. The highest BCUT2D eigenvalue weighted by Gasteiger charge is 2.04. The van der Waals surface area contributed by atoms with Crippen molar-refractivity contribution in [3.05, 3.63) is 71.0 Å². The lowest BCUT2D eigenvalue weighted by atomic mass is 10.1. The van der Waals surface area contributed by atoms with Gasteiger partial charge in [0, 0.05) is 19.6 Å². The molecule has 0 aliphatic carbocycles. The van der Waals surface area contributed by atoms with E-state index in [9.17, 15) is 4.39 Å².